The molecule has 0 aliphatic rings. The Kier molecular flexibility index (Phi) is 47.4. The molecule has 352 valence electrons. The highest BCUT2D eigenvalue weighted by Gasteiger charge is 2.19. The van der Waals surface area contributed by atoms with Crippen LogP contribution in [0.3, 0.4) is 0 Å². The lowest BCUT2D eigenvalue weighted by Gasteiger charge is -2.18. The summed E-state index contributed by atoms with van der Waals surface area (Å²) in [6.07, 6.45) is 60.5. The van der Waals surface area contributed by atoms with Crippen LogP contribution in [0.1, 0.15) is 252 Å². The van der Waals surface area contributed by atoms with E-state index in [0.717, 1.165) is 122 Å². The van der Waals surface area contributed by atoms with Gasteiger partial charge in [-0.2, -0.15) is 0 Å². The Morgan fingerprint density at radius 2 is 0.639 bits per heavy atom. The molecule has 0 fully saturated rings. The predicted molar refractivity (Wildman–Crippen MR) is 261 cm³/mol. The molecular weight excluding hydrogens is 757 g/mol. The monoisotopic (exact) mass is 853 g/mol. The maximum atomic E-state index is 12.8. The molecule has 6 nitrogen and oxygen atoms in total. The van der Waals surface area contributed by atoms with E-state index in [1.54, 1.807) is 0 Å². The minimum absolute atomic E-state index is 0.0838. The van der Waals surface area contributed by atoms with Crippen molar-refractivity contribution in [2.45, 2.75) is 258 Å². The van der Waals surface area contributed by atoms with Crippen LogP contribution in [0.15, 0.2) is 60.8 Å². The maximum Gasteiger partial charge on any atom is 0.306 e. The molecule has 0 aromatic carbocycles. The Morgan fingerprint density at radius 1 is 0.344 bits per heavy atom. The first kappa shape index (κ1) is 58.1. The molecule has 0 spiro atoms. The fraction of sp³-hybridized carbons (Fsp3) is 0.764. The van der Waals surface area contributed by atoms with Crippen LogP contribution in [-0.2, 0) is 28.6 Å². The molecule has 0 bridgehead atoms. The number of allylic oxidation sites excluding steroid dienone is 10. The standard InChI is InChI=1S/C55H96O6/c1-4-7-10-13-16-19-22-25-27-30-33-36-39-42-45-48-54(57)60-51-52(50-59-53(56)47-44-41-38-35-32-29-24-21-18-15-12-9-6-3)61-55(58)49-46-43-40-37-34-31-28-26-23-20-17-14-11-8-5-2/h7,10,16-17,19-20,25-28,52H,4-6,8-9,11-15,18,21-24,29-51H2,1-3H3. The second-order valence-electron chi connectivity index (χ2n) is 17.1. The second kappa shape index (κ2) is 49.8. The van der Waals surface area contributed by atoms with Crippen molar-refractivity contribution < 1.29 is 28.6 Å². The minimum atomic E-state index is -0.786. The number of carbonyl (C=O) groups excluding carboxylic acids is 3. The van der Waals surface area contributed by atoms with Gasteiger partial charge in [0, 0.05) is 19.3 Å². The fourth-order valence-electron chi connectivity index (χ4n) is 7.13. The Morgan fingerprint density at radius 3 is 1.03 bits per heavy atom. The number of rotatable bonds is 46. The third-order valence-electron chi connectivity index (χ3n) is 11.0. The third kappa shape index (κ3) is 48.0. The predicted octanol–water partition coefficient (Wildman–Crippen LogP) is 16.9. The summed E-state index contributed by atoms with van der Waals surface area (Å²) >= 11 is 0. The number of hydrogen-bond acceptors (Lipinski definition) is 6. The normalized spacial score (nSPS) is 12.5. The Balaban J connectivity index is 4.42. The average molecular weight is 853 g/mol. The lowest BCUT2D eigenvalue weighted by molar-refractivity contribution is -0.167. The van der Waals surface area contributed by atoms with E-state index in [0.29, 0.717) is 19.3 Å². The highest BCUT2D eigenvalue weighted by Crippen LogP contribution is 2.15. The smallest absolute Gasteiger partial charge is 0.306 e. The van der Waals surface area contributed by atoms with Gasteiger partial charge in [-0.25, -0.2) is 0 Å². The first-order valence-corrected chi connectivity index (χ1v) is 25.8. The zero-order valence-corrected chi connectivity index (χ0v) is 40.2. The van der Waals surface area contributed by atoms with Gasteiger partial charge >= 0.3 is 17.9 Å². The van der Waals surface area contributed by atoms with Gasteiger partial charge in [0.2, 0.25) is 0 Å². The molecule has 6 heteroatoms. The van der Waals surface area contributed by atoms with E-state index in [1.165, 1.54) is 89.9 Å². The molecule has 0 radical (unpaired) electrons. The minimum Gasteiger partial charge on any atom is -0.462 e. The number of unbranched alkanes of at least 4 members (excludes halogenated alkanes) is 25. The summed E-state index contributed by atoms with van der Waals surface area (Å²) in [4.78, 5) is 38.0. The molecule has 0 saturated heterocycles. The lowest BCUT2D eigenvalue weighted by atomic mass is 10.0. The van der Waals surface area contributed by atoms with E-state index in [4.69, 9.17) is 14.2 Å². The van der Waals surface area contributed by atoms with E-state index in [2.05, 4.69) is 81.5 Å². The molecule has 0 aromatic rings. The van der Waals surface area contributed by atoms with Crippen LogP contribution in [0.4, 0.5) is 0 Å². The molecule has 1 atom stereocenters. The summed E-state index contributed by atoms with van der Waals surface area (Å²) in [5.41, 5.74) is 0. The number of ether oxygens (including phenoxy) is 3. The van der Waals surface area contributed by atoms with Gasteiger partial charge in [-0.05, 0) is 83.5 Å². The summed E-state index contributed by atoms with van der Waals surface area (Å²) in [7, 11) is 0. The van der Waals surface area contributed by atoms with Gasteiger partial charge in [0.05, 0.1) is 0 Å². The summed E-state index contributed by atoms with van der Waals surface area (Å²) in [5, 5.41) is 0. The van der Waals surface area contributed by atoms with Crippen molar-refractivity contribution in [3.63, 3.8) is 0 Å². The van der Waals surface area contributed by atoms with Crippen LogP contribution in [0.25, 0.3) is 0 Å². The highest BCUT2D eigenvalue weighted by molar-refractivity contribution is 5.71. The molecule has 0 N–H and O–H groups in total. The van der Waals surface area contributed by atoms with Crippen molar-refractivity contribution in [1.82, 2.24) is 0 Å². The summed E-state index contributed by atoms with van der Waals surface area (Å²) in [6.45, 7) is 6.48. The van der Waals surface area contributed by atoms with Crippen molar-refractivity contribution in [3.05, 3.63) is 60.8 Å². The molecular formula is C55H96O6. The molecule has 0 saturated carbocycles. The first-order chi connectivity index (χ1) is 30.0. The van der Waals surface area contributed by atoms with Crippen molar-refractivity contribution in [3.8, 4) is 0 Å². The first-order valence-electron chi connectivity index (χ1n) is 25.8. The van der Waals surface area contributed by atoms with Gasteiger partial charge in [0.25, 0.3) is 0 Å². The third-order valence-corrected chi connectivity index (χ3v) is 11.0. The molecule has 1 unspecified atom stereocenters. The van der Waals surface area contributed by atoms with Gasteiger partial charge in [-0.3, -0.25) is 14.4 Å². The van der Waals surface area contributed by atoms with E-state index in [9.17, 15) is 14.4 Å². The fourth-order valence-corrected chi connectivity index (χ4v) is 7.13. The SMILES string of the molecule is CCC=CCC=CCC=CCCCCCCCC(=O)OCC(COC(=O)CCCCCCCCCCCCCCC)OC(=O)CCCCCCCC=CCC=CCCCCC. The van der Waals surface area contributed by atoms with E-state index >= 15 is 0 Å². The molecule has 0 aliphatic carbocycles. The van der Waals surface area contributed by atoms with Gasteiger partial charge in [-0.15, -0.1) is 0 Å². The summed E-state index contributed by atoms with van der Waals surface area (Å²) < 4.78 is 16.8. The van der Waals surface area contributed by atoms with Crippen LogP contribution in [0, 0.1) is 0 Å². The quantitative estimate of drug-likeness (QED) is 0.0263. The second-order valence-corrected chi connectivity index (χ2v) is 17.1. The van der Waals surface area contributed by atoms with Gasteiger partial charge in [0.1, 0.15) is 13.2 Å². The largest absolute Gasteiger partial charge is 0.462 e. The number of hydrogen-bond donors (Lipinski definition) is 0. The van der Waals surface area contributed by atoms with Crippen molar-refractivity contribution >= 4 is 17.9 Å². The highest BCUT2D eigenvalue weighted by atomic mass is 16.6. The molecule has 0 aromatic heterocycles. The number of esters is 3. The number of carbonyl (C=O) groups is 3. The molecule has 61 heavy (non-hydrogen) atoms. The van der Waals surface area contributed by atoms with Crippen molar-refractivity contribution in [2.24, 2.45) is 0 Å². The van der Waals surface area contributed by atoms with Gasteiger partial charge in [0.15, 0.2) is 6.10 Å². The zero-order chi connectivity index (χ0) is 44.4. The van der Waals surface area contributed by atoms with E-state index < -0.39 is 6.10 Å². The summed E-state index contributed by atoms with van der Waals surface area (Å²) in [6, 6.07) is 0. The van der Waals surface area contributed by atoms with Gasteiger partial charge in [-0.1, -0.05) is 210 Å². The molecule has 0 rings (SSSR count). The van der Waals surface area contributed by atoms with Crippen LogP contribution in [0.2, 0.25) is 0 Å². The Labute approximate surface area is 377 Å². The molecule has 0 amide bonds. The Bertz CT molecular complexity index is 1120. The van der Waals surface area contributed by atoms with Gasteiger partial charge < -0.3 is 14.2 Å². The van der Waals surface area contributed by atoms with E-state index in [-0.39, 0.29) is 31.1 Å². The summed E-state index contributed by atoms with van der Waals surface area (Å²) in [5.74, 6) is -0.911. The zero-order valence-electron chi connectivity index (χ0n) is 40.2. The van der Waals surface area contributed by atoms with E-state index in [1.807, 2.05) is 0 Å². The van der Waals surface area contributed by atoms with Crippen molar-refractivity contribution in [2.75, 3.05) is 13.2 Å². The molecule has 0 heterocycles. The maximum absolute atomic E-state index is 12.8. The topological polar surface area (TPSA) is 78.9 Å². The van der Waals surface area contributed by atoms with Crippen LogP contribution in [0.5, 0.6) is 0 Å². The van der Waals surface area contributed by atoms with Crippen LogP contribution < -0.4 is 0 Å². The Hall–Kier alpha value is -2.89. The van der Waals surface area contributed by atoms with Crippen LogP contribution in [-0.4, -0.2) is 37.2 Å². The van der Waals surface area contributed by atoms with Crippen molar-refractivity contribution in [1.29, 1.82) is 0 Å². The lowest BCUT2D eigenvalue weighted by Crippen LogP contribution is -2.30. The molecule has 0 aliphatic heterocycles. The average Bonchev–Trinajstić information content (AvgIpc) is 3.26. The van der Waals surface area contributed by atoms with Crippen LogP contribution >= 0.6 is 0 Å².